The Hall–Kier alpha value is -1.65. The zero-order chi connectivity index (χ0) is 12.8. The summed E-state index contributed by atoms with van der Waals surface area (Å²) in [5, 5.41) is 3.99. The van der Waals surface area contributed by atoms with Crippen LogP contribution in [0.4, 0.5) is 0 Å². The van der Waals surface area contributed by atoms with Gasteiger partial charge >= 0.3 is 5.97 Å². The number of unbranched alkanes of at least 4 members (excludes halogenated alkanes) is 1. The van der Waals surface area contributed by atoms with E-state index in [0.717, 1.165) is 12.8 Å². The number of ether oxygens (including phenoxy) is 1. The Bertz CT molecular complexity index is 438. The molecule has 0 aliphatic heterocycles. The molecule has 0 radical (unpaired) electrons. The van der Waals surface area contributed by atoms with Crippen molar-refractivity contribution in [1.82, 2.24) is 9.78 Å². The third-order valence-corrected chi connectivity index (χ3v) is 2.14. The fraction of sp³-hybridized carbons (Fsp3) is 0.583. The molecule has 0 atom stereocenters. The Labute approximate surface area is 100 Å². The molecule has 0 amide bonds. The molecule has 0 bridgehead atoms. The zero-order valence-electron chi connectivity index (χ0n) is 10.5. The lowest BCUT2D eigenvalue weighted by Crippen LogP contribution is -2.25. The Morgan fingerprint density at radius 1 is 1.47 bits per heavy atom. The average Bonchev–Trinajstić information content (AvgIpc) is 2.27. The van der Waals surface area contributed by atoms with Gasteiger partial charge in [0.1, 0.15) is 0 Å². The van der Waals surface area contributed by atoms with E-state index in [1.165, 1.54) is 16.8 Å². The van der Waals surface area contributed by atoms with Crippen LogP contribution in [0.25, 0.3) is 0 Å². The first-order valence-corrected chi connectivity index (χ1v) is 5.83. The molecule has 1 aromatic heterocycles. The third kappa shape index (κ3) is 4.01. The van der Waals surface area contributed by atoms with E-state index in [0.29, 0.717) is 6.54 Å². The second kappa shape index (κ2) is 6.18. The lowest BCUT2D eigenvalue weighted by Gasteiger charge is -2.08. The molecule has 0 unspecified atom stereocenters. The Kier molecular flexibility index (Phi) is 4.87. The van der Waals surface area contributed by atoms with Crippen LogP contribution in [0.2, 0.25) is 0 Å². The first kappa shape index (κ1) is 13.4. The SMILES string of the molecule is CCCCn1nc(C(=O)OC(C)C)ccc1=O. The number of carbonyl (C=O) groups is 1. The van der Waals surface area contributed by atoms with Crippen LogP contribution < -0.4 is 5.56 Å². The van der Waals surface area contributed by atoms with Gasteiger partial charge in [0.2, 0.25) is 0 Å². The van der Waals surface area contributed by atoms with Crippen molar-refractivity contribution in [2.24, 2.45) is 0 Å². The van der Waals surface area contributed by atoms with E-state index >= 15 is 0 Å². The number of aryl methyl sites for hydroxylation is 1. The van der Waals surface area contributed by atoms with Crippen molar-refractivity contribution in [3.8, 4) is 0 Å². The predicted octanol–water partition coefficient (Wildman–Crippen LogP) is 1.61. The normalized spacial score (nSPS) is 10.6. The van der Waals surface area contributed by atoms with Gasteiger partial charge in [-0.05, 0) is 26.3 Å². The van der Waals surface area contributed by atoms with Gasteiger partial charge in [0, 0.05) is 12.6 Å². The van der Waals surface area contributed by atoms with Gasteiger partial charge in [0.25, 0.3) is 5.56 Å². The summed E-state index contributed by atoms with van der Waals surface area (Å²) in [6.07, 6.45) is 1.63. The van der Waals surface area contributed by atoms with Crippen molar-refractivity contribution in [3.05, 3.63) is 28.2 Å². The second-order valence-corrected chi connectivity index (χ2v) is 4.09. The van der Waals surface area contributed by atoms with E-state index in [1.54, 1.807) is 13.8 Å². The first-order chi connectivity index (χ1) is 8.04. The molecule has 0 aliphatic rings. The number of esters is 1. The molecule has 0 aliphatic carbocycles. The number of rotatable bonds is 5. The topological polar surface area (TPSA) is 61.2 Å². The van der Waals surface area contributed by atoms with Crippen LogP contribution in [0.1, 0.15) is 44.1 Å². The maximum absolute atomic E-state index is 11.6. The highest BCUT2D eigenvalue weighted by Crippen LogP contribution is 1.99. The lowest BCUT2D eigenvalue weighted by atomic mass is 10.3. The molecule has 1 aromatic rings. The van der Waals surface area contributed by atoms with Gasteiger partial charge in [-0.2, -0.15) is 5.10 Å². The fourth-order valence-corrected chi connectivity index (χ4v) is 1.30. The molecule has 0 fully saturated rings. The van der Waals surface area contributed by atoms with Crippen molar-refractivity contribution >= 4 is 5.97 Å². The van der Waals surface area contributed by atoms with Crippen LogP contribution >= 0.6 is 0 Å². The maximum Gasteiger partial charge on any atom is 0.359 e. The average molecular weight is 238 g/mol. The van der Waals surface area contributed by atoms with Crippen molar-refractivity contribution < 1.29 is 9.53 Å². The zero-order valence-corrected chi connectivity index (χ0v) is 10.5. The largest absolute Gasteiger partial charge is 0.458 e. The van der Waals surface area contributed by atoms with Crippen LogP contribution in [0, 0.1) is 0 Å². The Morgan fingerprint density at radius 3 is 2.76 bits per heavy atom. The first-order valence-electron chi connectivity index (χ1n) is 5.83. The highest BCUT2D eigenvalue weighted by atomic mass is 16.5. The number of carbonyl (C=O) groups excluding carboxylic acids is 1. The van der Waals surface area contributed by atoms with Crippen molar-refractivity contribution in [3.63, 3.8) is 0 Å². The summed E-state index contributed by atoms with van der Waals surface area (Å²) in [6.45, 7) is 6.09. The van der Waals surface area contributed by atoms with E-state index in [4.69, 9.17) is 4.74 Å². The number of aromatic nitrogens is 2. The molecule has 94 valence electrons. The van der Waals surface area contributed by atoms with Gasteiger partial charge in [-0.1, -0.05) is 13.3 Å². The Morgan fingerprint density at radius 2 is 2.18 bits per heavy atom. The summed E-state index contributed by atoms with van der Waals surface area (Å²) >= 11 is 0. The van der Waals surface area contributed by atoms with Crippen LogP contribution in [0.15, 0.2) is 16.9 Å². The molecule has 1 heterocycles. The third-order valence-electron chi connectivity index (χ3n) is 2.14. The minimum Gasteiger partial charge on any atom is -0.458 e. The van der Waals surface area contributed by atoms with Crippen LogP contribution in [0.3, 0.4) is 0 Å². The van der Waals surface area contributed by atoms with Crippen molar-refractivity contribution in [2.75, 3.05) is 0 Å². The molecule has 0 saturated carbocycles. The molecule has 1 rings (SSSR count). The molecule has 5 heteroatoms. The summed E-state index contributed by atoms with van der Waals surface area (Å²) < 4.78 is 6.32. The number of hydrogen-bond donors (Lipinski definition) is 0. The highest BCUT2D eigenvalue weighted by Gasteiger charge is 2.12. The maximum atomic E-state index is 11.6. The quantitative estimate of drug-likeness (QED) is 0.731. The highest BCUT2D eigenvalue weighted by molar-refractivity contribution is 5.86. The van der Waals surface area contributed by atoms with Gasteiger partial charge in [-0.15, -0.1) is 0 Å². The molecule has 0 N–H and O–H groups in total. The minimum atomic E-state index is -0.495. The molecule has 5 nitrogen and oxygen atoms in total. The monoisotopic (exact) mass is 238 g/mol. The van der Waals surface area contributed by atoms with Crippen molar-refractivity contribution in [2.45, 2.75) is 46.3 Å². The minimum absolute atomic E-state index is 0.175. The van der Waals surface area contributed by atoms with Gasteiger partial charge in [-0.3, -0.25) is 4.79 Å². The molecule has 0 saturated heterocycles. The van der Waals surface area contributed by atoms with E-state index in [9.17, 15) is 9.59 Å². The molecule has 17 heavy (non-hydrogen) atoms. The smallest absolute Gasteiger partial charge is 0.359 e. The van der Waals surface area contributed by atoms with Crippen molar-refractivity contribution in [1.29, 1.82) is 0 Å². The summed E-state index contributed by atoms with van der Waals surface area (Å²) in [5.41, 5.74) is -0.0195. The summed E-state index contributed by atoms with van der Waals surface area (Å²) in [4.78, 5) is 23.1. The predicted molar refractivity (Wildman–Crippen MR) is 64.0 cm³/mol. The summed E-state index contributed by atoms with van der Waals surface area (Å²) in [5.74, 6) is -0.495. The number of hydrogen-bond acceptors (Lipinski definition) is 4. The molecule has 0 aromatic carbocycles. The van der Waals surface area contributed by atoms with Crippen LogP contribution in [-0.2, 0) is 11.3 Å². The lowest BCUT2D eigenvalue weighted by molar-refractivity contribution is 0.0367. The fourth-order valence-electron chi connectivity index (χ4n) is 1.30. The standard InChI is InChI=1S/C12H18N2O3/c1-4-5-8-14-11(15)7-6-10(13-14)12(16)17-9(2)3/h6-7,9H,4-5,8H2,1-3H3. The second-order valence-electron chi connectivity index (χ2n) is 4.09. The summed E-state index contributed by atoms with van der Waals surface area (Å²) in [6, 6.07) is 2.75. The van der Waals surface area contributed by atoms with Gasteiger partial charge in [0.05, 0.1) is 6.10 Å². The van der Waals surface area contributed by atoms with E-state index in [2.05, 4.69) is 5.10 Å². The van der Waals surface area contributed by atoms with E-state index in [-0.39, 0.29) is 17.4 Å². The van der Waals surface area contributed by atoms with E-state index in [1.807, 2.05) is 6.92 Å². The Balaban J connectivity index is 2.88. The van der Waals surface area contributed by atoms with E-state index < -0.39 is 5.97 Å². The van der Waals surface area contributed by atoms with Gasteiger partial charge < -0.3 is 4.74 Å². The molecule has 0 spiro atoms. The molecular formula is C12H18N2O3. The molecular weight excluding hydrogens is 220 g/mol. The van der Waals surface area contributed by atoms with Crippen LogP contribution in [-0.4, -0.2) is 21.9 Å². The van der Waals surface area contributed by atoms with Gasteiger partial charge in [-0.25, -0.2) is 9.48 Å². The van der Waals surface area contributed by atoms with Crippen LogP contribution in [0.5, 0.6) is 0 Å². The summed E-state index contributed by atoms with van der Waals surface area (Å²) in [7, 11) is 0. The number of nitrogens with zero attached hydrogens (tertiary/aromatic N) is 2. The van der Waals surface area contributed by atoms with Gasteiger partial charge in [0.15, 0.2) is 5.69 Å².